The van der Waals surface area contributed by atoms with Crippen LogP contribution in [0.3, 0.4) is 0 Å². The molecule has 2 rings (SSSR count). The van der Waals surface area contributed by atoms with Crippen LogP contribution in [0.1, 0.15) is 18.1 Å². The summed E-state index contributed by atoms with van der Waals surface area (Å²) in [5, 5.41) is 15.0. The number of anilines is 1. The number of hydrogen-bond acceptors (Lipinski definition) is 3. The van der Waals surface area contributed by atoms with Crippen molar-refractivity contribution in [3.8, 4) is 5.75 Å². The van der Waals surface area contributed by atoms with Crippen LogP contribution in [-0.2, 0) is 12.8 Å². The number of amides is 2. The molecule has 0 bridgehead atoms. The highest BCUT2D eigenvalue weighted by atomic mass is 16.3. The number of phenolic OH excluding ortho intramolecular Hbond substituents is 1. The van der Waals surface area contributed by atoms with Crippen molar-refractivity contribution in [2.75, 3.05) is 32.0 Å². The highest BCUT2D eigenvalue weighted by molar-refractivity contribution is 5.90. The Morgan fingerprint density at radius 2 is 1.72 bits per heavy atom. The van der Waals surface area contributed by atoms with Crippen molar-refractivity contribution in [1.82, 2.24) is 10.2 Å². The zero-order valence-electron chi connectivity index (χ0n) is 15.0. The molecule has 134 valence electrons. The van der Waals surface area contributed by atoms with E-state index in [1.165, 1.54) is 5.56 Å². The van der Waals surface area contributed by atoms with Gasteiger partial charge < -0.3 is 20.6 Å². The number of benzene rings is 2. The molecule has 0 aliphatic carbocycles. The van der Waals surface area contributed by atoms with Gasteiger partial charge in [-0.1, -0.05) is 43.3 Å². The summed E-state index contributed by atoms with van der Waals surface area (Å²) in [5.41, 5.74) is 2.87. The Labute approximate surface area is 149 Å². The number of likely N-dealkylation sites (N-methyl/N-ethyl adjacent to an activating group) is 1. The Morgan fingerprint density at radius 1 is 1.04 bits per heavy atom. The largest absolute Gasteiger partial charge is 0.506 e. The van der Waals surface area contributed by atoms with Crippen molar-refractivity contribution in [3.63, 3.8) is 0 Å². The number of phenols is 1. The lowest BCUT2D eigenvalue weighted by Crippen LogP contribution is -2.28. The van der Waals surface area contributed by atoms with Gasteiger partial charge in [-0.15, -0.1) is 0 Å². The average molecular weight is 341 g/mol. The zero-order valence-corrected chi connectivity index (χ0v) is 15.0. The lowest BCUT2D eigenvalue weighted by Gasteiger charge is -2.20. The van der Waals surface area contributed by atoms with Gasteiger partial charge in [-0.05, 0) is 42.6 Å². The van der Waals surface area contributed by atoms with E-state index in [2.05, 4.69) is 46.7 Å². The van der Waals surface area contributed by atoms with Crippen LogP contribution < -0.4 is 10.6 Å². The number of hydrogen-bond donors (Lipinski definition) is 3. The number of urea groups is 1. The fourth-order valence-electron chi connectivity index (χ4n) is 2.67. The molecule has 3 N–H and O–H groups in total. The summed E-state index contributed by atoms with van der Waals surface area (Å²) in [6.45, 7) is 5.12. The van der Waals surface area contributed by atoms with Crippen molar-refractivity contribution in [2.24, 2.45) is 0 Å². The molecule has 25 heavy (non-hydrogen) atoms. The number of nitrogens with zero attached hydrogens (tertiary/aromatic N) is 1. The maximum Gasteiger partial charge on any atom is 0.319 e. The molecule has 2 amide bonds. The second-order valence-electron chi connectivity index (χ2n) is 5.98. The lowest BCUT2D eigenvalue weighted by atomic mass is 10.1. The minimum Gasteiger partial charge on any atom is -0.506 e. The van der Waals surface area contributed by atoms with Crippen molar-refractivity contribution in [2.45, 2.75) is 19.8 Å². The smallest absolute Gasteiger partial charge is 0.319 e. The van der Waals surface area contributed by atoms with Crippen LogP contribution >= 0.6 is 0 Å². The second kappa shape index (κ2) is 9.69. The molecule has 0 unspecified atom stereocenters. The van der Waals surface area contributed by atoms with Gasteiger partial charge in [0.25, 0.3) is 0 Å². The molecular weight excluding hydrogens is 314 g/mol. The Morgan fingerprint density at radius 3 is 2.36 bits per heavy atom. The topological polar surface area (TPSA) is 64.6 Å². The van der Waals surface area contributed by atoms with Crippen LogP contribution in [0.15, 0.2) is 48.5 Å². The van der Waals surface area contributed by atoms with Crippen LogP contribution in [0.5, 0.6) is 5.75 Å². The maximum absolute atomic E-state index is 11.4. The van der Waals surface area contributed by atoms with E-state index in [1.807, 2.05) is 18.2 Å². The molecule has 0 spiro atoms. The van der Waals surface area contributed by atoms with Crippen LogP contribution in [0.4, 0.5) is 10.5 Å². The predicted octanol–water partition coefficient (Wildman–Crippen LogP) is 3.25. The standard InChI is InChI=1S/C20H27N3O2/c1-3-23(13-11-16-7-5-4-6-8-16)14-12-17-9-10-19(24)18(15-17)22-20(25)21-2/h4-10,15,24H,3,11-14H2,1-2H3,(H2,21,22,25). The van der Waals surface area contributed by atoms with Crippen molar-refractivity contribution in [3.05, 3.63) is 59.7 Å². The van der Waals surface area contributed by atoms with Gasteiger partial charge in [0, 0.05) is 20.1 Å². The number of carbonyl (C=O) groups excluding carboxylic acids is 1. The first-order valence-corrected chi connectivity index (χ1v) is 8.69. The van der Waals surface area contributed by atoms with Crippen molar-refractivity contribution < 1.29 is 9.90 Å². The third kappa shape index (κ3) is 6.12. The van der Waals surface area contributed by atoms with Crippen LogP contribution in [0, 0.1) is 0 Å². The first-order valence-electron chi connectivity index (χ1n) is 8.69. The molecular formula is C20H27N3O2. The maximum atomic E-state index is 11.4. The molecule has 0 atom stereocenters. The van der Waals surface area contributed by atoms with Gasteiger partial charge >= 0.3 is 6.03 Å². The van der Waals surface area contributed by atoms with E-state index >= 15 is 0 Å². The molecule has 0 heterocycles. The second-order valence-corrected chi connectivity index (χ2v) is 5.98. The third-order valence-corrected chi connectivity index (χ3v) is 4.26. The summed E-state index contributed by atoms with van der Waals surface area (Å²) in [6.07, 6.45) is 1.90. The quantitative estimate of drug-likeness (QED) is 0.646. The third-order valence-electron chi connectivity index (χ3n) is 4.26. The summed E-state index contributed by atoms with van der Waals surface area (Å²) < 4.78 is 0. The summed E-state index contributed by atoms with van der Waals surface area (Å²) in [5.74, 6) is 0.0729. The minimum atomic E-state index is -0.342. The summed E-state index contributed by atoms with van der Waals surface area (Å²) in [4.78, 5) is 13.8. The van der Waals surface area contributed by atoms with E-state index in [1.54, 1.807) is 13.1 Å². The van der Waals surface area contributed by atoms with E-state index in [0.717, 1.165) is 38.0 Å². The van der Waals surface area contributed by atoms with Gasteiger partial charge in [0.05, 0.1) is 5.69 Å². The van der Waals surface area contributed by atoms with Gasteiger partial charge in [0.15, 0.2) is 0 Å². The molecule has 0 aromatic heterocycles. The number of carbonyl (C=O) groups is 1. The van der Waals surface area contributed by atoms with E-state index in [0.29, 0.717) is 5.69 Å². The van der Waals surface area contributed by atoms with Crippen LogP contribution in [0.2, 0.25) is 0 Å². The van der Waals surface area contributed by atoms with Gasteiger partial charge in [0.1, 0.15) is 5.75 Å². The Hall–Kier alpha value is -2.53. The SMILES string of the molecule is CCN(CCc1ccccc1)CCc1ccc(O)c(NC(=O)NC)c1. The zero-order chi connectivity index (χ0) is 18.1. The predicted molar refractivity (Wildman–Crippen MR) is 102 cm³/mol. The van der Waals surface area contributed by atoms with E-state index in [4.69, 9.17) is 0 Å². The Bertz CT molecular complexity index is 674. The van der Waals surface area contributed by atoms with Crippen molar-refractivity contribution >= 4 is 11.7 Å². The summed E-state index contributed by atoms with van der Waals surface area (Å²) in [6, 6.07) is 15.5. The summed E-state index contributed by atoms with van der Waals surface area (Å²) >= 11 is 0. The molecule has 5 nitrogen and oxygen atoms in total. The first kappa shape index (κ1) is 18.8. The molecule has 2 aromatic rings. The summed E-state index contributed by atoms with van der Waals surface area (Å²) in [7, 11) is 1.54. The monoisotopic (exact) mass is 341 g/mol. The fraction of sp³-hybridized carbons (Fsp3) is 0.350. The lowest BCUT2D eigenvalue weighted by molar-refractivity contribution is 0.254. The molecule has 0 aliphatic heterocycles. The van der Waals surface area contributed by atoms with Gasteiger partial charge in [-0.25, -0.2) is 4.79 Å². The Kier molecular flexibility index (Phi) is 7.29. The molecule has 0 radical (unpaired) electrons. The molecule has 2 aromatic carbocycles. The van der Waals surface area contributed by atoms with Gasteiger partial charge in [-0.2, -0.15) is 0 Å². The number of nitrogens with one attached hydrogen (secondary N) is 2. The highest BCUT2D eigenvalue weighted by Crippen LogP contribution is 2.24. The minimum absolute atomic E-state index is 0.0729. The first-order chi connectivity index (χ1) is 12.1. The molecule has 0 fully saturated rings. The highest BCUT2D eigenvalue weighted by Gasteiger charge is 2.08. The number of rotatable bonds is 8. The molecule has 5 heteroatoms. The molecule has 0 aliphatic rings. The van der Waals surface area contributed by atoms with E-state index in [9.17, 15) is 9.90 Å². The van der Waals surface area contributed by atoms with Crippen LogP contribution in [0.25, 0.3) is 0 Å². The number of aromatic hydroxyl groups is 1. The Balaban J connectivity index is 1.90. The van der Waals surface area contributed by atoms with E-state index in [-0.39, 0.29) is 11.8 Å². The van der Waals surface area contributed by atoms with Gasteiger partial charge in [0.2, 0.25) is 0 Å². The normalized spacial score (nSPS) is 10.7. The van der Waals surface area contributed by atoms with Crippen molar-refractivity contribution in [1.29, 1.82) is 0 Å². The van der Waals surface area contributed by atoms with Crippen LogP contribution in [-0.4, -0.2) is 42.7 Å². The van der Waals surface area contributed by atoms with E-state index < -0.39 is 0 Å². The fourth-order valence-corrected chi connectivity index (χ4v) is 2.67. The average Bonchev–Trinajstić information content (AvgIpc) is 2.65. The molecule has 0 saturated carbocycles. The molecule has 0 saturated heterocycles. The van der Waals surface area contributed by atoms with Gasteiger partial charge in [-0.3, -0.25) is 0 Å².